The third-order valence-electron chi connectivity index (χ3n) is 3.78. The Balaban J connectivity index is 1.81. The van der Waals surface area contributed by atoms with Crippen molar-refractivity contribution >= 4 is 5.78 Å². The van der Waals surface area contributed by atoms with Crippen LogP contribution in [0.1, 0.15) is 47.1 Å². The zero-order valence-electron chi connectivity index (χ0n) is 11.8. The van der Waals surface area contributed by atoms with Gasteiger partial charge >= 0.3 is 0 Å². The monoisotopic (exact) mass is 270 g/mol. The predicted molar refractivity (Wildman–Crippen MR) is 75.5 cm³/mol. The molecule has 104 valence electrons. The third kappa shape index (κ3) is 2.39. The van der Waals surface area contributed by atoms with Crippen molar-refractivity contribution in [2.24, 2.45) is 0 Å². The van der Waals surface area contributed by atoms with E-state index in [1.165, 1.54) is 5.56 Å². The van der Waals surface area contributed by atoms with Gasteiger partial charge in [-0.1, -0.05) is 42.4 Å². The van der Waals surface area contributed by atoms with Crippen LogP contribution < -0.4 is 0 Å². The van der Waals surface area contributed by atoms with Gasteiger partial charge in [-0.15, -0.1) is 0 Å². The Labute approximate surface area is 118 Å². The van der Waals surface area contributed by atoms with E-state index in [0.717, 1.165) is 31.0 Å². The molecule has 20 heavy (non-hydrogen) atoms. The predicted octanol–water partition coefficient (Wildman–Crippen LogP) is 3.00. The van der Waals surface area contributed by atoms with Crippen LogP contribution >= 0.6 is 0 Å². The standard InChI is InChI=1S/C16H18N2O2/c1-11-8-18(9-13-6-4-3-5-7-13)10-14-15(11)16(12(2)19)17-20-14/h3-7,11H,8-10H2,1-2H3/t11-/m0/s1. The summed E-state index contributed by atoms with van der Waals surface area (Å²) in [4.78, 5) is 13.9. The topological polar surface area (TPSA) is 46.3 Å². The third-order valence-corrected chi connectivity index (χ3v) is 3.78. The van der Waals surface area contributed by atoms with Gasteiger partial charge in [-0.2, -0.15) is 0 Å². The Hall–Kier alpha value is -1.94. The molecule has 1 aliphatic rings. The summed E-state index contributed by atoms with van der Waals surface area (Å²) >= 11 is 0. The minimum Gasteiger partial charge on any atom is -0.359 e. The highest BCUT2D eigenvalue weighted by Crippen LogP contribution is 2.31. The molecule has 0 fully saturated rings. The fourth-order valence-electron chi connectivity index (χ4n) is 2.92. The van der Waals surface area contributed by atoms with Crippen molar-refractivity contribution in [2.75, 3.05) is 6.54 Å². The molecule has 0 radical (unpaired) electrons. The Bertz CT molecular complexity index is 619. The van der Waals surface area contributed by atoms with Gasteiger partial charge in [0.15, 0.2) is 17.2 Å². The van der Waals surface area contributed by atoms with Gasteiger partial charge in [-0.05, 0) is 11.5 Å². The van der Waals surface area contributed by atoms with Crippen LogP contribution in [0, 0.1) is 0 Å². The Morgan fingerprint density at radius 1 is 1.40 bits per heavy atom. The fraction of sp³-hybridized carbons (Fsp3) is 0.375. The van der Waals surface area contributed by atoms with E-state index >= 15 is 0 Å². The number of carbonyl (C=O) groups is 1. The Morgan fingerprint density at radius 3 is 2.85 bits per heavy atom. The number of carbonyl (C=O) groups excluding carboxylic acids is 1. The molecule has 3 rings (SSSR count). The molecule has 0 unspecified atom stereocenters. The Kier molecular flexibility index (Phi) is 3.40. The molecule has 0 amide bonds. The fourth-order valence-corrected chi connectivity index (χ4v) is 2.92. The number of nitrogens with zero attached hydrogens (tertiary/aromatic N) is 2. The SMILES string of the molecule is CC(=O)c1noc2c1[C@@H](C)CN(Cc1ccccc1)C2. The number of ketones is 1. The highest BCUT2D eigenvalue weighted by Gasteiger charge is 2.30. The van der Waals surface area contributed by atoms with E-state index in [2.05, 4.69) is 41.2 Å². The lowest BCUT2D eigenvalue weighted by molar-refractivity contribution is 0.100. The first-order valence-electron chi connectivity index (χ1n) is 6.91. The summed E-state index contributed by atoms with van der Waals surface area (Å²) in [7, 11) is 0. The van der Waals surface area contributed by atoms with Crippen molar-refractivity contribution in [3.8, 4) is 0 Å². The van der Waals surface area contributed by atoms with Gasteiger partial charge in [0.05, 0.1) is 6.54 Å². The van der Waals surface area contributed by atoms with Crippen molar-refractivity contribution in [3.05, 3.63) is 52.9 Å². The molecule has 4 nitrogen and oxygen atoms in total. The van der Waals surface area contributed by atoms with Gasteiger partial charge < -0.3 is 4.52 Å². The summed E-state index contributed by atoms with van der Waals surface area (Å²) in [6.07, 6.45) is 0. The minimum atomic E-state index is -0.0154. The first-order chi connectivity index (χ1) is 9.65. The van der Waals surface area contributed by atoms with Gasteiger partial charge in [0.2, 0.25) is 0 Å². The molecular formula is C16H18N2O2. The maximum Gasteiger partial charge on any atom is 0.181 e. The number of aromatic nitrogens is 1. The van der Waals surface area contributed by atoms with E-state index < -0.39 is 0 Å². The number of Topliss-reactive ketones (excluding diaryl/α,β-unsaturated/α-hetero) is 1. The van der Waals surface area contributed by atoms with Gasteiger partial charge in [-0.3, -0.25) is 9.69 Å². The summed E-state index contributed by atoms with van der Waals surface area (Å²) in [5, 5.41) is 3.94. The molecule has 2 heterocycles. The maximum atomic E-state index is 11.6. The normalized spacial score (nSPS) is 18.8. The second-order valence-corrected chi connectivity index (χ2v) is 5.48. The summed E-state index contributed by atoms with van der Waals surface area (Å²) in [5.74, 6) is 1.09. The molecule has 1 aliphatic heterocycles. The maximum absolute atomic E-state index is 11.6. The van der Waals surface area contributed by atoms with Crippen LogP contribution in [0.4, 0.5) is 0 Å². The molecule has 1 aromatic carbocycles. The summed E-state index contributed by atoms with van der Waals surface area (Å²) in [6.45, 7) is 6.19. The minimum absolute atomic E-state index is 0.0154. The number of benzene rings is 1. The second-order valence-electron chi connectivity index (χ2n) is 5.48. The van der Waals surface area contributed by atoms with Gasteiger partial charge in [0.1, 0.15) is 0 Å². The number of hydrogen-bond donors (Lipinski definition) is 0. The molecule has 0 bridgehead atoms. The van der Waals surface area contributed by atoms with E-state index in [9.17, 15) is 4.79 Å². The molecule has 0 saturated carbocycles. The van der Waals surface area contributed by atoms with E-state index in [1.54, 1.807) is 6.92 Å². The second kappa shape index (κ2) is 5.21. The lowest BCUT2D eigenvalue weighted by atomic mass is 9.93. The van der Waals surface area contributed by atoms with E-state index in [0.29, 0.717) is 5.69 Å². The lowest BCUT2D eigenvalue weighted by Crippen LogP contribution is -2.32. The zero-order chi connectivity index (χ0) is 14.1. The summed E-state index contributed by atoms with van der Waals surface area (Å²) < 4.78 is 5.37. The smallest absolute Gasteiger partial charge is 0.181 e. The van der Waals surface area contributed by atoms with Crippen molar-refractivity contribution < 1.29 is 9.32 Å². The molecule has 2 aromatic rings. The van der Waals surface area contributed by atoms with E-state index in [-0.39, 0.29) is 11.7 Å². The number of fused-ring (bicyclic) bond motifs is 1. The lowest BCUT2D eigenvalue weighted by Gasteiger charge is -2.29. The summed E-state index contributed by atoms with van der Waals surface area (Å²) in [6, 6.07) is 10.4. The summed E-state index contributed by atoms with van der Waals surface area (Å²) in [5.41, 5.74) is 2.79. The molecule has 1 atom stereocenters. The zero-order valence-corrected chi connectivity index (χ0v) is 11.8. The van der Waals surface area contributed by atoms with Crippen LogP contribution in [0.25, 0.3) is 0 Å². The quantitative estimate of drug-likeness (QED) is 0.804. The van der Waals surface area contributed by atoms with Crippen LogP contribution in [-0.2, 0) is 13.1 Å². The molecule has 1 aromatic heterocycles. The Morgan fingerprint density at radius 2 is 2.15 bits per heavy atom. The number of hydrogen-bond acceptors (Lipinski definition) is 4. The van der Waals surface area contributed by atoms with Gasteiger partial charge in [-0.25, -0.2) is 0 Å². The van der Waals surface area contributed by atoms with Crippen molar-refractivity contribution in [1.29, 1.82) is 0 Å². The van der Waals surface area contributed by atoms with Gasteiger partial charge in [0, 0.05) is 25.6 Å². The van der Waals surface area contributed by atoms with Crippen molar-refractivity contribution in [1.82, 2.24) is 10.1 Å². The molecular weight excluding hydrogens is 252 g/mol. The van der Waals surface area contributed by atoms with Crippen molar-refractivity contribution in [2.45, 2.75) is 32.9 Å². The molecule has 4 heteroatoms. The van der Waals surface area contributed by atoms with Crippen LogP contribution in [0.15, 0.2) is 34.9 Å². The average Bonchev–Trinajstić information content (AvgIpc) is 2.84. The first-order valence-corrected chi connectivity index (χ1v) is 6.91. The van der Waals surface area contributed by atoms with Crippen LogP contribution in [0.2, 0.25) is 0 Å². The van der Waals surface area contributed by atoms with Gasteiger partial charge in [0.25, 0.3) is 0 Å². The molecule has 0 saturated heterocycles. The largest absolute Gasteiger partial charge is 0.359 e. The molecule has 0 N–H and O–H groups in total. The van der Waals surface area contributed by atoms with E-state index in [4.69, 9.17) is 4.52 Å². The van der Waals surface area contributed by atoms with E-state index in [1.807, 2.05) is 6.07 Å². The van der Waals surface area contributed by atoms with Crippen molar-refractivity contribution in [3.63, 3.8) is 0 Å². The van der Waals surface area contributed by atoms with Crippen LogP contribution in [0.3, 0.4) is 0 Å². The molecule has 0 aliphatic carbocycles. The number of rotatable bonds is 3. The molecule has 0 spiro atoms. The highest BCUT2D eigenvalue weighted by atomic mass is 16.5. The van der Waals surface area contributed by atoms with Crippen LogP contribution in [-0.4, -0.2) is 22.4 Å². The first kappa shape index (κ1) is 13.1. The average molecular weight is 270 g/mol. The highest BCUT2D eigenvalue weighted by molar-refractivity contribution is 5.93. The van der Waals surface area contributed by atoms with Crippen LogP contribution in [0.5, 0.6) is 0 Å².